The largest absolute Gasteiger partial charge is 0.390 e. The average molecular weight is 303 g/mol. The molecule has 2 aromatic rings. The van der Waals surface area contributed by atoms with Crippen LogP contribution in [0.2, 0.25) is 0 Å². The molecular weight excluding hydrogens is 278 g/mol. The summed E-state index contributed by atoms with van der Waals surface area (Å²) in [5, 5.41) is 13.9. The molecule has 1 aliphatic heterocycles. The molecule has 6 heteroatoms. The Morgan fingerprint density at radius 1 is 1.41 bits per heavy atom. The third kappa shape index (κ3) is 3.08. The quantitative estimate of drug-likeness (QED) is 0.849. The van der Waals surface area contributed by atoms with Crippen molar-refractivity contribution < 1.29 is 5.11 Å². The molecule has 2 N–H and O–H groups in total. The van der Waals surface area contributed by atoms with Gasteiger partial charge in [0.2, 0.25) is 0 Å². The van der Waals surface area contributed by atoms with Crippen LogP contribution in [0, 0.1) is 0 Å². The lowest BCUT2D eigenvalue weighted by molar-refractivity contribution is 0.234. The summed E-state index contributed by atoms with van der Waals surface area (Å²) in [4.78, 5) is 10.3. The molecule has 0 amide bonds. The third-order valence-corrected chi connectivity index (χ3v) is 4.40. The minimum absolute atomic E-state index is 0.0161. The molecule has 3 heterocycles. The number of nitrogens with zero attached hydrogens (tertiary/aromatic N) is 4. The molecule has 0 aromatic carbocycles. The lowest BCUT2D eigenvalue weighted by Crippen LogP contribution is -2.31. The van der Waals surface area contributed by atoms with Crippen LogP contribution in [-0.2, 0) is 39.6 Å². The van der Waals surface area contributed by atoms with Crippen molar-refractivity contribution in [1.29, 1.82) is 0 Å². The highest BCUT2D eigenvalue weighted by atomic mass is 16.3. The van der Waals surface area contributed by atoms with Crippen molar-refractivity contribution in [3.63, 3.8) is 0 Å². The first-order valence-corrected chi connectivity index (χ1v) is 8.10. The summed E-state index contributed by atoms with van der Waals surface area (Å²) in [6.07, 6.45) is 6.33. The molecule has 0 atom stereocenters. The summed E-state index contributed by atoms with van der Waals surface area (Å²) in [7, 11) is 1.96. The molecule has 1 aliphatic rings. The van der Waals surface area contributed by atoms with E-state index in [9.17, 15) is 5.11 Å². The van der Waals surface area contributed by atoms with Crippen molar-refractivity contribution in [3.8, 4) is 0 Å². The first-order chi connectivity index (χ1) is 10.7. The van der Waals surface area contributed by atoms with Gasteiger partial charge in [0, 0.05) is 62.7 Å². The van der Waals surface area contributed by atoms with E-state index in [1.165, 1.54) is 29.8 Å². The van der Waals surface area contributed by atoms with E-state index in [1.54, 1.807) is 0 Å². The van der Waals surface area contributed by atoms with Gasteiger partial charge in [-0.05, 0) is 6.42 Å². The molecular formula is C16H25N5O. The summed E-state index contributed by atoms with van der Waals surface area (Å²) < 4.78 is 1.91. The number of fused-ring (bicyclic) bond motifs is 1. The monoisotopic (exact) mass is 303 g/mol. The minimum atomic E-state index is 0.0161. The number of hydrogen-bond acceptors (Lipinski definition) is 4. The molecule has 0 fully saturated rings. The molecule has 6 nitrogen and oxygen atoms in total. The van der Waals surface area contributed by atoms with E-state index in [2.05, 4.69) is 26.9 Å². The number of rotatable bonds is 6. The molecule has 0 aliphatic carbocycles. The zero-order valence-electron chi connectivity index (χ0n) is 13.5. The second-order valence-corrected chi connectivity index (χ2v) is 6.07. The smallest absolute Gasteiger partial charge is 0.106 e. The third-order valence-electron chi connectivity index (χ3n) is 4.40. The maximum absolute atomic E-state index is 9.46. The van der Waals surface area contributed by atoms with Gasteiger partial charge in [-0.25, -0.2) is 4.98 Å². The van der Waals surface area contributed by atoms with Crippen molar-refractivity contribution in [2.24, 2.45) is 7.05 Å². The van der Waals surface area contributed by atoms with Gasteiger partial charge in [0.15, 0.2) is 0 Å². The Kier molecular flexibility index (Phi) is 4.59. The number of imidazole rings is 1. The van der Waals surface area contributed by atoms with Gasteiger partial charge in [-0.3, -0.25) is 9.58 Å². The molecule has 22 heavy (non-hydrogen) atoms. The lowest BCUT2D eigenvalue weighted by atomic mass is 10.1. The van der Waals surface area contributed by atoms with E-state index in [0.717, 1.165) is 44.0 Å². The van der Waals surface area contributed by atoms with Crippen LogP contribution in [-0.4, -0.2) is 36.3 Å². The first kappa shape index (κ1) is 15.2. The molecule has 0 saturated carbocycles. The first-order valence-electron chi connectivity index (χ1n) is 8.10. The Balaban J connectivity index is 1.66. The predicted octanol–water partition coefficient (Wildman–Crippen LogP) is 1.54. The Bertz CT molecular complexity index is 631. The fourth-order valence-corrected chi connectivity index (χ4v) is 3.19. The van der Waals surface area contributed by atoms with Gasteiger partial charge in [0.05, 0.1) is 12.3 Å². The number of H-pyrrole nitrogens is 1. The highest BCUT2D eigenvalue weighted by molar-refractivity contribution is 5.28. The Hall–Kier alpha value is -1.66. The Morgan fingerprint density at radius 2 is 2.27 bits per heavy atom. The number of aryl methyl sites for hydroxylation is 2. The molecule has 3 rings (SSSR count). The molecule has 2 aromatic heterocycles. The van der Waals surface area contributed by atoms with Crippen LogP contribution in [0.3, 0.4) is 0 Å². The zero-order valence-corrected chi connectivity index (χ0v) is 13.5. The highest BCUT2D eigenvalue weighted by Gasteiger charge is 2.23. The summed E-state index contributed by atoms with van der Waals surface area (Å²) >= 11 is 0. The SMILES string of the molecule is CCCCc1ncc(CN2CCc3c(c(CO)nn3C)C2)[nH]1. The van der Waals surface area contributed by atoms with Gasteiger partial charge in [0.25, 0.3) is 0 Å². The number of aromatic amines is 1. The summed E-state index contributed by atoms with van der Waals surface area (Å²) in [6.45, 7) is 4.95. The van der Waals surface area contributed by atoms with Gasteiger partial charge < -0.3 is 10.1 Å². The number of aliphatic hydroxyl groups is 1. The molecule has 0 unspecified atom stereocenters. The Labute approximate surface area is 131 Å². The van der Waals surface area contributed by atoms with Crippen LogP contribution < -0.4 is 0 Å². The van der Waals surface area contributed by atoms with Crippen LogP contribution in [0.4, 0.5) is 0 Å². The van der Waals surface area contributed by atoms with E-state index in [1.807, 2.05) is 17.9 Å². The number of hydrogen-bond donors (Lipinski definition) is 2. The van der Waals surface area contributed by atoms with Crippen LogP contribution in [0.1, 0.15) is 48.2 Å². The summed E-state index contributed by atoms with van der Waals surface area (Å²) in [6, 6.07) is 0. The van der Waals surface area contributed by atoms with E-state index in [-0.39, 0.29) is 6.61 Å². The van der Waals surface area contributed by atoms with Gasteiger partial charge >= 0.3 is 0 Å². The van der Waals surface area contributed by atoms with Crippen molar-refractivity contribution in [1.82, 2.24) is 24.6 Å². The summed E-state index contributed by atoms with van der Waals surface area (Å²) in [5.74, 6) is 1.09. The molecule has 0 bridgehead atoms. The minimum Gasteiger partial charge on any atom is -0.390 e. The second kappa shape index (κ2) is 6.62. The normalized spacial score (nSPS) is 15.2. The second-order valence-electron chi connectivity index (χ2n) is 6.07. The van der Waals surface area contributed by atoms with Crippen molar-refractivity contribution in [2.75, 3.05) is 6.54 Å². The zero-order chi connectivity index (χ0) is 15.5. The van der Waals surface area contributed by atoms with Crippen molar-refractivity contribution in [2.45, 2.75) is 52.3 Å². The van der Waals surface area contributed by atoms with Crippen molar-refractivity contribution in [3.05, 3.63) is 34.7 Å². The fraction of sp³-hybridized carbons (Fsp3) is 0.625. The molecule has 0 radical (unpaired) electrons. The topological polar surface area (TPSA) is 70.0 Å². The van der Waals surface area contributed by atoms with E-state index < -0.39 is 0 Å². The van der Waals surface area contributed by atoms with Gasteiger partial charge in [0.1, 0.15) is 5.82 Å². The standard InChI is InChI=1S/C16H25N5O/c1-3-4-5-16-17-8-12(18-16)9-21-7-6-15-13(10-21)14(11-22)19-20(15)2/h8,22H,3-7,9-11H2,1-2H3,(H,17,18). The van der Waals surface area contributed by atoms with Crippen LogP contribution >= 0.6 is 0 Å². The molecule has 120 valence electrons. The number of nitrogens with one attached hydrogen (secondary N) is 1. The van der Waals surface area contributed by atoms with Crippen molar-refractivity contribution >= 4 is 0 Å². The lowest BCUT2D eigenvalue weighted by Gasteiger charge is -2.26. The molecule has 0 saturated heterocycles. The van der Waals surface area contributed by atoms with Gasteiger partial charge in [-0.15, -0.1) is 0 Å². The van der Waals surface area contributed by atoms with E-state index in [4.69, 9.17) is 0 Å². The highest BCUT2D eigenvalue weighted by Crippen LogP contribution is 2.23. The van der Waals surface area contributed by atoms with E-state index >= 15 is 0 Å². The van der Waals surface area contributed by atoms with Crippen LogP contribution in [0.5, 0.6) is 0 Å². The predicted molar refractivity (Wildman–Crippen MR) is 84.1 cm³/mol. The van der Waals surface area contributed by atoms with Crippen LogP contribution in [0.25, 0.3) is 0 Å². The number of aromatic nitrogens is 4. The maximum Gasteiger partial charge on any atom is 0.106 e. The number of aliphatic hydroxyl groups excluding tert-OH is 1. The Morgan fingerprint density at radius 3 is 3.05 bits per heavy atom. The summed E-state index contributed by atoms with van der Waals surface area (Å²) in [5.41, 5.74) is 4.44. The number of unbranched alkanes of at least 4 members (excludes halogenated alkanes) is 1. The maximum atomic E-state index is 9.46. The fourth-order valence-electron chi connectivity index (χ4n) is 3.19. The average Bonchev–Trinajstić information content (AvgIpc) is 3.10. The molecule has 0 spiro atoms. The van der Waals surface area contributed by atoms with Gasteiger partial charge in [-0.1, -0.05) is 13.3 Å². The van der Waals surface area contributed by atoms with Crippen LogP contribution in [0.15, 0.2) is 6.20 Å². The van der Waals surface area contributed by atoms with Gasteiger partial charge in [-0.2, -0.15) is 5.10 Å². The van der Waals surface area contributed by atoms with E-state index in [0.29, 0.717) is 0 Å².